The molecule has 0 radical (unpaired) electrons. The molecule has 9 heavy (non-hydrogen) atoms. The van der Waals surface area contributed by atoms with Crippen LogP contribution in [0, 0.1) is 0 Å². The molecule has 0 aliphatic carbocycles. The Morgan fingerprint density at radius 3 is 2.44 bits per heavy atom. The molecule has 0 fully saturated rings. The Bertz CT molecular complexity index is 101. The summed E-state index contributed by atoms with van der Waals surface area (Å²) in [4.78, 5) is 0. The van der Waals surface area contributed by atoms with Gasteiger partial charge in [-0.2, -0.15) is 0 Å². The van der Waals surface area contributed by atoms with Gasteiger partial charge in [-0.05, 0) is 20.8 Å². The highest BCUT2D eigenvalue weighted by molar-refractivity contribution is 7.37. The van der Waals surface area contributed by atoms with Crippen LogP contribution < -0.4 is 5.09 Å². The Balaban J connectivity index is 3.43. The maximum absolute atomic E-state index is 4.94. The van der Waals surface area contributed by atoms with Gasteiger partial charge in [-0.25, -0.2) is 0 Å². The van der Waals surface area contributed by atoms with E-state index in [0.717, 1.165) is 13.8 Å². The van der Waals surface area contributed by atoms with Crippen molar-refractivity contribution in [2.75, 3.05) is 7.11 Å². The van der Waals surface area contributed by atoms with E-state index in [9.17, 15) is 0 Å². The maximum atomic E-state index is 4.94. The molecule has 0 atom stereocenters. The van der Waals surface area contributed by atoms with Crippen molar-refractivity contribution in [3.05, 3.63) is 0 Å². The third kappa shape index (κ3) is 5.97. The van der Waals surface area contributed by atoms with Gasteiger partial charge < -0.3 is 4.74 Å². The number of methoxy groups -OCH3 is 1. The van der Waals surface area contributed by atoms with E-state index in [1.807, 2.05) is 6.92 Å². The van der Waals surface area contributed by atoms with Gasteiger partial charge in [0.25, 0.3) is 0 Å². The van der Waals surface area contributed by atoms with Crippen LogP contribution in [0.15, 0.2) is 0 Å². The van der Waals surface area contributed by atoms with Crippen LogP contribution in [0.25, 0.3) is 0 Å². The van der Waals surface area contributed by atoms with Gasteiger partial charge in [0.15, 0.2) is 0 Å². The molecule has 0 spiro atoms. The van der Waals surface area contributed by atoms with Gasteiger partial charge in [0, 0.05) is 21.5 Å². The summed E-state index contributed by atoms with van der Waals surface area (Å²) in [6.45, 7) is 6.17. The van der Waals surface area contributed by atoms with Crippen molar-refractivity contribution in [2.45, 2.75) is 26.8 Å². The highest BCUT2D eigenvalue weighted by atomic mass is 31.1. The first kappa shape index (κ1) is 9.09. The van der Waals surface area contributed by atoms with Crippen LogP contribution in [0.3, 0.4) is 0 Å². The van der Waals surface area contributed by atoms with Crippen molar-refractivity contribution in [1.82, 2.24) is 5.09 Å². The Labute approximate surface area is 58.5 Å². The van der Waals surface area contributed by atoms with Crippen LogP contribution >= 0.6 is 8.35 Å². The molecular formula is C6H14NOP. The van der Waals surface area contributed by atoms with Crippen LogP contribution in [0.4, 0.5) is 0 Å². The van der Waals surface area contributed by atoms with Crippen LogP contribution in [0.5, 0.6) is 0 Å². The summed E-state index contributed by atoms with van der Waals surface area (Å²) in [5.41, 5.74) is 1.00. The molecule has 0 aliphatic heterocycles. The molecular weight excluding hydrogens is 133 g/mol. The summed E-state index contributed by atoms with van der Waals surface area (Å²) >= 11 is 0. The maximum Gasteiger partial charge on any atom is 0.0867 e. The lowest BCUT2D eigenvalue weighted by atomic mass is 10.4. The van der Waals surface area contributed by atoms with Crippen LogP contribution in [-0.2, 0) is 4.74 Å². The van der Waals surface area contributed by atoms with E-state index < -0.39 is 0 Å². The summed E-state index contributed by atoms with van der Waals surface area (Å²) in [7, 11) is 2.76. The molecule has 1 N–H and O–H groups in total. The lowest BCUT2D eigenvalue weighted by Gasteiger charge is -2.01. The van der Waals surface area contributed by atoms with Crippen molar-refractivity contribution in [3.63, 3.8) is 0 Å². The third-order valence-electron chi connectivity index (χ3n) is 0.776. The molecule has 2 nitrogen and oxygen atoms in total. The van der Waals surface area contributed by atoms with E-state index in [1.165, 1.54) is 0 Å². The third-order valence-corrected chi connectivity index (χ3v) is 1.92. The summed E-state index contributed by atoms with van der Waals surface area (Å²) in [6, 6.07) is 0.525. The minimum Gasteiger partial charge on any atom is -0.348 e. The average Bonchev–Trinajstić information content (AvgIpc) is 1.83. The number of rotatable bonds is 3. The minimum absolute atomic E-state index is 0.525. The first-order valence-corrected chi connectivity index (χ1v) is 3.90. The number of nitrogens with one attached hydrogen (secondary N) is 1. The van der Waals surface area contributed by atoms with Crippen LogP contribution in [0.2, 0.25) is 0 Å². The van der Waals surface area contributed by atoms with E-state index in [-0.39, 0.29) is 0 Å². The van der Waals surface area contributed by atoms with Crippen molar-refractivity contribution < 1.29 is 4.74 Å². The normalized spacial score (nSPS) is 12.8. The average molecular weight is 147 g/mol. The molecule has 0 amide bonds. The second kappa shape index (κ2) is 4.92. The first-order valence-electron chi connectivity index (χ1n) is 3.00. The molecule has 0 aromatic heterocycles. The Morgan fingerprint density at radius 2 is 2.11 bits per heavy atom. The van der Waals surface area contributed by atoms with E-state index in [0.29, 0.717) is 6.04 Å². The zero-order valence-electron chi connectivity index (χ0n) is 6.43. The molecule has 3 heteroatoms. The monoisotopic (exact) mass is 147 g/mol. The highest BCUT2D eigenvalue weighted by Gasteiger charge is 1.87. The van der Waals surface area contributed by atoms with Gasteiger partial charge in [0.05, 0.1) is 5.48 Å². The van der Waals surface area contributed by atoms with E-state index >= 15 is 0 Å². The van der Waals surface area contributed by atoms with Crippen molar-refractivity contribution in [2.24, 2.45) is 0 Å². The summed E-state index contributed by atoms with van der Waals surface area (Å²) in [6.07, 6.45) is 0. The lowest BCUT2D eigenvalue weighted by Crippen LogP contribution is -2.12. The predicted octanol–water partition coefficient (Wildman–Crippen LogP) is 1.64. The van der Waals surface area contributed by atoms with Gasteiger partial charge in [0.1, 0.15) is 0 Å². The molecule has 0 bridgehead atoms. The predicted molar refractivity (Wildman–Crippen MR) is 42.9 cm³/mol. The highest BCUT2D eigenvalue weighted by Crippen LogP contribution is 1.95. The van der Waals surface area contributed by atoms with Crippen molar-refractivity contribution in [3.8, 4) is 0 Å². The largest absolute Gasteiger partial charge is 0.348 e. The quantitative estimate of drug-likeness (QED) is 0.613. The second-order valence-corrected chi connectivity index (χ2v) is 3.23. The SMILES string of the molecule is COC(C)=PNC(C)C. The fourth-order valence-electron chi connectivity index (χ4n) is 0.266. The molecule has 0 aliphatic rings. The Kier molecular flexibility index (Phi) is 4.97. The summed E-state index contributed by atoms with van der Waals surface area (Å²) in [5, 5.41) is 3.21. The fraction of sp³-hybridized carbons (Fsp3) is 0.833. The Hall–Kier alpha value is 0.0900. The molecule has 0 aromatic rings. The molecule has 0 unspecified atom stereocenters. The zero-order chi connectivity index (χ0) is 7.28. The van der Waals surface area contributed by atoms with E-state index in [1.54, 1.807) is 7.11 Å². The molecule has 0 heterocycles. The first-order chi connectivity index (χ1) is 4.16. The van der Waals surface area contributed by atoms with E-state index in [2.05, 4.69) is 18.9 Å². The van der Waals surface area contributed by atoms with Crippen molar-refractivity contribution in [1.29, 1.82) is 0 Å². The zero-order valence-corrected chi connectivity index (χ0v) is 7.33. The number of hydrogen-bond donors (Lipinski definition) is 1. The van der Waals surface area contributed by atoms with Gasteiger partial charge in [-0.15, -0.1) is 0 Å². The van der Waals surface area contributed by atoms with Gasteiger partial charge in [0.2, 0.25) is 0 Å². The molecule has 0 saturated heterocycles. The minimum atomic E-state index is 0.525. The molecule has 0 saturated carbocycles. The smallest absolute Gasteiger partial charge is 0.0867 e. The van der Waals surface area contributed by atoms with Crippen LogP contribution in [-0.4, -0.2) is 18.6 Å². The van der Waals surface area contributed by atoms with E-state index in [4.69, 9.17) is 4.74 Å². The van der Waals surface area contributed by atoms with Crippen molar-refractivity contribution >= 4 is 13.8 Å². The second-order valence-electron chi connectivity index (χ2n) is 2.12. The topological polar surface area (TPSA) is 21.3 Å². The Morgan fingerprint density at radius 1 is 1.56 bits per heavy atom. The van der Waals surface area contributed by atoms with Crippen LogP contribution in [0.1, 0.15) is 20.8 Å². The fourth-order valence-corrected chi connectivity index (χ4v) is 0.797. The number of hydrogen-bond acceptors (Lipinski definition) is 2. The summed E-state index contributed by atoms with van der Waals surface area (Å²) < 4.78 is 4.94. The molecule has 0 rings (SSSR count). The lowest BCUT2D eigenvalue weighted by molar-refractivity contribution is 0.410. The molecule has 0 aromatic carbocycles. The number of ether oxygens (including phenoxy) is 1. The summed E-state index contributed by atoms with van der Waals surface area (Å²) in [5.74, 6) is 0. The van der Waals surface area contributed by atoms with Gasteiger partial charge in [-0.3, -0.25) is 5.09 Å². The van der Waals surface area contributed by atoms with Gasteiger partial charge >= 0.3 is 0 Å². The molecule has 54 valence electrons. The van der Waals surface area contributed by atoms with Gasteiger partial charge in [-0.1, -0.05) is 0 Å². The standard InChI is InChI=1S/C6H14NOP/c1-5(2)7-9-6(3)8-4/h5,7H,1-4H3.